The normalized spacial score (nSPS) is 13.0. The quantitative estimate of drug-likeness (QED) is 0.369. The summed E-state index contributed by atoms with van der Waals surface area (Å²) in [5, 5.41) is 11.5. The lowest BCUT2D eigenvalue weighted by atomic mass is 10.1. The first-order chi connectivity index (χ1) is 16.6. The van der Waals surface area contributed by atoms with E-state index in [9.17, 15) is 9.59 Å². The van der Waals surface area contributed by atoms with Crippen LogP contribution < -0.4 is 10.6 Å². The summed E-state index contributed by atoms with van der Waals surface area (Å²) < 4.78 is 1.92. The van der Waals surface area contributed by atoms with E-state index in [2.05, 4.69) is 22.8 Å². The van der Waals surface area contributed by atoms with Crippen molar-refractivity contribution in [2.75, 3.05) is 5.32 Å². The first-order valence-electron chi connectivity index (χ1n) is 11.4. The van der Waals surface area contributed by atoms with E-state index in [1.807, 2.05) is 72.4 Å². The molecule has 0 unspecified atom stereocenters. The van der Waals surface area contributed by atoms with Crippen molar-refractivity contribution in [3.05, 3.63) is 94.5 Å². The van der Waals surface area contributed by atoms with Gasteiger partial charge in [0.05, 0.1) is 22.1 Å². The van der Waals surface area contributed by atoms with E-state index in [4.69, 9.17) is 5.10 Å². The number of carbonyl (C=O) groups is 2. The summed E-state index contributed by atoms with van der Waals surface area (Å²) in [4.78, 5) is 25.7. The number of hydrogen-bond acceptors (Lipinski definition) is 4. The second-order valence-corrected chi connectivity index (χ2v) is 9.67. The maximum absolute atomic E-state index is 13.0. The first kappa shape index (κ1) is 22.1. The minimum Gasteiger partial charge on any atom is -0.347 e. The number of rotatable bonds is 8. The third-order valence-electron chi connectivity index (χ3n) is 5.83. The van der Waals surface area contributed by atoms with E-state index in [1.54, 1.807) is 0 Å². The van der Waals surface area contributed by atoms with Crippen molar-refractivity contribution < 1.29 is 9.59 Å². The molecule has 7 heteroatoms. The molecule has 2 heterocycles. The van der Waals surface area contributed by atoms with Crippen LogP contribution in [0.5, 0.6) is 0 Å². The SMILES string of the molecule is Cc1cc(NC(=O)C2CC2)sc1C(=O)NCc1cn(Cc2ccccc2)nc1-c1ccccc1. The molecule has 2 aromatic carbocycles. The second-order valence-electron chi connectivity index (χ2n) is 8.62. The molecule has 0 aliphatic heterocycles. The molecule has 0 bridgehead atoms. The van der Waals surface area contributed by atoms with Gasteiger partial charge in [0.25, 0.3) is 5.91 Å². The van der Waals surface area contributed by atoms with E-state index >= 15 is 0 Å². The Morgan fingerprint density at radius 3 is 2.47 bits per heavy atom. The smallest absolute Gasteiger partial charge is 0.261 e. The fourth-order valence-corrected chi connectivity index (χ4v) is 4.87. The Morgan fingerprint density at radius 2 is 1.76 bits per heavy atom. The van der Waals surface area contributed by atoms with E-state index in [1.165, 1.54) is 11.3 Å². The molecule has 2 aromatic heterocycles. The third kappa shape index (κ3) is 5.10. The highest BCUT2D eigenvalue weighted by molar-refractivity contribution is 7.18. The van der Waals surface area contributed by atoms with Crippen LogP contribution >= 0.6 is 11.3 Å². The van der Waals surface area contributed by atoms with Crippen LogP contribution in [0.1, 0.15) is 39.2 Å². The number of anilines is 1. The Balaban J connectivity index is 1.32. The molecule has 2 N–H and O–H groups in total. The molecule has 0 saturated heterocycles. The van der Waals surface area contributed by atoms with Crippen molar-refractivity contribution in [1.29, 1.82) is 0 Å². The number of aromatic nitrogens is 2. The average Bonchev–Trinajstić information content (AvgIpc) is 3.54. The predicted octanol–water partition coefficient (Wildman–Crippen LogP) is 5.25. The molecule has 4 aromatic rings. The highest BCUT2D eigenvalue weighted by atomic mass is 32.1. The molecular formula is C27H26N4O2S. The summed E-state index contributed by atoms with van der Waals surface area (Å²) in [6.07, 6.45) is 3.90. The largest absolute Gasteiger partial charge is 0.347 e. The number of benzene rings is 2. The van der Waals surface area contributed by atoms with E-state index in [0.29, 0.717) is 18.0 Å². The van der Waals surface area contributed by atoms with Gasteiger partial charge in [-0.1, -0.05) is 60.7 Å². The maximum atomic E-state index is 13.0. The number of hydrogen-bond donors (Lipinski definition) is 2. The van der Waals surface area contributed by atoms with Gasteiger partial charge in [0.1, 0.15) is 0 Å². The summed E-state index contributed by atoms with van der Waals surface area (Å²) in [7, 11) is 0. The van der Waals surface area contributed by atoms with Gasteiger partial charge in [-0.2, -0.15) is 5.10 Å². The minimum atomic E-state index is -0.149. The van der Waals surface area contributed by atoms with Crippen molar-refractivity contribution in [2.24, 2.45) is 5.92 Å². The monoisotopic (exact) mass is 470 g/mol. The van der Waals surface area contributed by atoms with Crippen LogP contribution in [0, 0.1) is 12.8 Å². The Bertz CT molecular complexity index is 1310. The number of nitrogens with zero attached hydrogens (tertiary/aromatic N) is 2. The van der Waals surface area contributed by atoms with Crippen LogP contribution in [0.4, 0.5) is 5.00 Å². The van der Waals surface area contributed by atoms with Gasteiger partial charge in [-0.3, -0.25) is 14.3 Å². The number of nitrogens with one attached hydrogen (secondary N) is 2. The molecule has 0 atom stereocenters. The fraction of sp³-hybridized carbons (Fsp3) is 0.222. The molecule has 1 aliphatic rings. The number of amides is 2. The Labute approximate surface area is 202 Å². The van der Waals surface area contributed by atoms with E-state index in [-0.39, 0.29) is 17.7 Å². The average molecular weight is 471 g/mol. The second kappa shape index (κ2) is 9.65. The Morgan fingerprint density at radius 1 is 1.06 bits per heavy atom. The molecular weight excluding hydrogens is 444 g/mol. The number of aryl methyl sites for hydroxylation is 1. The topological polar surface area (TPSA) is 76.0 Å². The van der Waals surface area contributed by atoms with Gasteiger partial charge in [-0.15, -0.1) is 11.3 Å². The summed E-state index contributed by atoms with van der Waals surface area (Å²) in [6.45, 7) is 2.91. The van der Waals surface area contributed by atoms with Gasteiger partial charge in [0, 0.05) is 29.8 Å². The van der Waals surface area contributed by atoms with Gasteiger partial charge < -0.3 is 10.6 Å². The summed E-state index contributed by atoms with van der Waals surface area (Å²) in [6, 6.07) is 22.1. The summed E-state index contributed by atoms with van der Waals surface area (Å²) in [5.74, 6) is 0.0271. The molecule has 2 amide bonds. The standard InChI is InChI=1S/C27H26N4O2S/c1-18-14-23(29-26(32)21-12-13-21)34-25(18)27(33)28-15-22-17-31(16-19-8-4-2-5-9-19)30-24(22)20-10-6-3-7-11-20/h2-11,14,17,21H,12-13,15-16H2,1H3,(H,28,33)(H,29,32). The van der Waals surface area contributed by atoms with Crippen molar-refractivity contribution in [3.63, 3.8) is 0 Å². The molecule has 6 nitrogen and oxygen atoms in total. The van der Waals surface area contributed by atoms with Crippen LogP contribution in [0.2, 0.25) is 0 Å². The van der Waals surface area contributed by atoms with Crippen molar-refractivity contribution in [1.82, 2.24) is 15.1 Å². The third-order valence-corrected chi connectivity index (χ3v) is 6.98. The molecule has 0 radical (unpaired) electrons. The highest BCUT2D eigenvalue weighted by Crippen LogP contribution is 2.33. The zero-order valence-electron chi connectivity index (χ0n) is 19.0. The molecule has 34 heavy (non-hydrogen) atoms. The van der Waals surface area contributed by atoms with Gasteiger partial charge in [-0.05, 0) is 37.0 Å². The zero-order chi connectivity index (χ0) is 23.5. The molecule has 1 aliphatic carbocycles. The molecule has 0 spiro atoms. The number of thiophene rings is 1. The minimum absolute atomic E-state index is 0.0477. The predicted molar refractivity (Wildman–Crippen MR) is 135 cm³/mol. The molecule has 1 saturated carbocycles. The summed E-state index contributed by atoms with van der Waals surface area (Å²) in [5.41, 5.74) is 4.84. The van der Waals surface area contributed by atoms with E-state index < -0.39 is 0 Å². The van der Waals surface area contributed by atoms with Gasteiger partial charge in [0.2, 0.25) is 5.91 Å². The van der Waals surface area contributed by atoms with Crippen molar-refractivity contribution in [3.8, 4) is 11.3 Å². The maximum Gasteiger partial charge on any atom is 0.261 e. The first-order valence-corrected chi connectivity index (χ1v) is 12.2. The van der Waals surface area contributed by atoms with Crippen LogP contribution in [0.3, 0.4) is 0 Å². The number of carbonyl (C=O) groups excluding carboxylic acids is 2. The van der Waals surface area contributed by atoms with Crippen molar-refractivity contribution in [2.45, 2.75) is 32.9 Å². The molecule has 5 rings (SSSR count). The Hall–Kier alpha value is -3.71. The van der Waals surface area contributed by atoms with Gasteiger partial charge in [-0.25, -0.2) is 0 Å². The Kier molecular flexibility index (Phi) is 6.27. The highest BCUT2D eigenvalue weighted by Gasteiger charge is 2.30. The molecule has 1 fully saturated rings. The zero-order valence-corrected chi connectivity index (χ0v) is 19.8. The van der Waals surface area contributed by atoms with Gasteiger partial charge in [0.15, 0.2) is 0 Å². The fourth-order valence-electron chi connectivity index (χ4n) is 3.88. The van der Waals surface area contributed by atoms with Crippen LogP contribution in [-0.4, -0.2) is 21.6 Å². The van der Waals surface area contributed by atoms with Crippen LogP contribution in [0.15, 0.2) is 72.9 Å². The summed E-state index contributed by atoms with van der Waals surface area (Å²) >= 11 is 1.32. The van der Waals surface area contributed by atoms with Crippen LogP contribution in [0.25, 0.3) is 11.3 Å². The van der Waals surface area contributed by atoms with Crippen molar-refractivity contribution >= 4 is 28.2 Å². The lowest BCUT2D eigenvalue weighted by Crippen LogP contribution is -2.22. The van der Waals surface area contributed by atoms with E-state index in [0.717, 1.165) is 45.8 Å². The lowest BCUT2D eigenvalue weighted by Gasteiger charge is -2.05. The lowest BCUT2D eigenvalue weighted by molar-refractivity contribution is -0.117. The van der Waals surface area contributed by atoms with Crippen LogP contribution in [-0.2, 0) is 17.9 Å². The molecule has 172 valence electrons. The van der Waals surface area contributed by atoms with Gasteiger partial charge >= 0.3 is 0 Å².